The van der Waals surface area contributed by atoms with Crippen molar-refractivity contribution in [2.45, 2.75) is 40.7 Å². The van der Waals surface area contributed by atoms with E-state index >= 15 is 0 Å². The number of ether oxygens (including phenoxy) is 1. The topological polar surface area (TPSA) is 9.23 Å². The highest BCUT2D eigenvalue weighted by molar-refractivity contribution is 5.29. The third kappa shape index (κ3) is 4.26. The normalized spacial score (nSPS) is 9.36. The Bertz CT molecular complexity index is 269. The van der Waals surface area contributed by atoms with Gasteiger partial charge < -0.3 is 4.74 Å². The van der Waals surface area contributed by atoms with Crippen molar-refractivity contribution in [1.82, 2.24) is 0 Å². The molecule has 0 bridgehead atoms. The molecule has 0 saturated carbocycles. The van der Waals surface area contributed by atoms with Gasteiger partial charge in [0.15, 0.2) is 11.6 Å². The van der Waals surface area contributed by atoms with Crippen LogP contribution in [0.25, 0.3) is 0 Å². The van der Waals surface area contributed by atoms with Crippen molar-refractivity contribution in [2.75, 3.05) is 0 Å². The van der Waals surface area contributed by atoms with Crippen molar-refractivity contribution in [3.8, 4) is 5.75 Å². The summed E-state index contributed by atoms with van der Waals surface area (Å²) in [6, 6.07) is 4.85. The first-order valence-electron chi connectivity index (χ1n) is 5.02. The second-order valence-electron chi connectivity index (χ2n) is 3.10. The van der Waals surface area contributed by atoms with Gasteiger partial charge in [-0.3, -0.25) is 0 Å². The Labute approximate surface area is 85.9 Å². The standard InChI is InChI=1S/C10H13FO.C2H6/c1-7(2)12-10-6-8(3)4-5-9(10)11;1-2/h4-7H,1-3H3;1-2H3. The summed E-state index contributed by atoms with van der Waals surface area (Å²) in [7, 11) is 0. The number of rotatable bonds is 2. The Morgan fingerprint density at radius 1 is 1.21 bits per heavy atom. The van der Waals surface area contributed by atoms with Crippen LogP contribution < -0.4 is 4.74 Å². The smallest absolute Gasteiger partial charge is 0.165 e. The third-order valence-corrected chi connectivity index (χ3v) is 1.45. The first kappa shape index (κ1) is 12.9. The van der Waals surface area contributed by atoms with E-state index < -0.39 is 0 Å². The minimum absolute atomic E-state index is 0.0151. The molecule has 0 aromatic heterocycles. The van der Waals surface area contributed by atoms with Crippen LogP contribution in [-0.2, 0) is 0 Å². The highest BCUT2D eigenvalue weighted by atomic mass is 19.1. The molecule has 0 N–H and O–H groups in total. The highest BCUT2D eigenvalue weighted by Gasteiger charge is 2.04. The van der Waals surface area contributed by atoms with Crippen molar-refractivity contribution >= 4 is 0 Å². The molecule has 1 nitrogen and oxygen atoms in total. The van der Waals surface area contributed by atoms with Gasteiger partial charge in [0.1, 0.15) is 0 Å². The third-order valence-electron chi connectivity index (χ3n) is 1.45. The Hall–Kier alpha value is -1.05. The summed E-state index contributed by atoms with van der Waals surface area (Å²) in [6.45, 7) is 9.66. The molecule has 0 amide bonds. The van der Waals surface area contributed by atoms with Crippen LogP contribution in [0.15, 0.2) is 18.2 Å². The first-order valence-corrected chi connectivity index (χ1v) is 5.02. The van der Waals surface area contributed by atoms with E-state index in [2.05, 4.69) is 0 Å². The van der Waals surface area contributed by atoms with E-state index in [0.29, 0.717) is 5.75 Å². The van der Waals surface area contributed by atoms with Gasteiger partial charge in [-0.2, -0.15) is 0 Å². The quantitative estimate of drug-likeness (QED) is 0.699. The molecule has 0 unspecified atom stereocenters. The minimum atomic E-state index is -0.297. The van der Waals surface area contributed by atoms with Crippen LogP contribution in [-0.4, -0.2) is 6.10 Å². The molecule has 14 heavy (non-hydrogen) atoms. The molecular formula is C12H19FO. The fraction of sp³-hybridized carbons (Fsp3) is 0.500. The molecule has 0 aliphatic carbocycles. The molecule has 80 valence electrons. The summed E-state index contributed by atoms with van der Waals surface area (Å²) in [5.74, 6) is 0.0410. The van der Waals surface area contributed by atoms with Crippen LogP contribution in [0.1, 0.15) is 33.3 Å². The first-order chi connectivity index (χ1) is 6.59. The summed E-state index contributed by atoms with van der Waals surface area (Å²) in [5.41, 5.74) is 1.01. The van der Waals surface area contributed by atoms with Gasteiger partial charge >= 0.3 is 0 Å². The molecule has 0 spiro atoms. The molecule has 0 heterocycles. The molecule has 1 rings (SSSR count). The van der Waals surface area contributed by atoms with Gasteiger partial charge in [-0.25, -0.2) is 4.39 Å². The van der Waals surface area contributed by atoms with Crippen LogP contribution in [0.2, 0.25) is 0 Å². The zero-order chi connectivity index (χ0) is 11.1. The molecule has 0 atom stereocenters. The maximum Gasteiger partial charge on any atom is 0.165 e. The van der Waals surface area contributed by atoms with Gasteiger partial charge in [-0.15, -0.1) is 0 Å². The summed E-state index contributed by atoms with van der Waals surface area (Å²) in [5, 5.41) is 0. The van der Waals surface area contributed by atoms with Crippen molar-refractivity contribution in [3.05, 3.63) is 29.6 Å². The zero-order valence-electron chi connectivity index (χ0n) is 9.60. The second-order valence-corrected chi connectivity index (χ2v) is 3.10. The maximum atomic E-state index is 13.0. The molecule has 0 fully saturated rings. The summed E-state index contributed by atoms with van der Waals surface area (Å²) in [6.07, 6.45) is 0.0151. The molecule has 0 saturated heterocycles. The van der Waals surface area contributed by atoms with E-state index in [9.17, 15) is 4.39 Å². The predicted molar refractivity (Wildman–Crippen MR) is 58.2 cm³/mol. The Balaban J connectivity index is 0.000000791. The van der Waals surface area contributed by atoms with Crippen LogP contribution in [0, 0.1) is 12.7 Å². The average Bonchev–Trinajstić information content (AvgIpc) is 2.14. The molecule has 1 aromatic carbocycles. The highest BCUT2D eigenvalue weighted by Crippen LogP contribution is 2.19. The van der Waals surface area contributed by atoms with Gasteiger partial charge in [-0.1, -0.05) is 19.9 Å². The lowest BCUT2D eigenvalue weighted by Crippen LogP contribution is -2.06. The number of benzene rings is 1. The van der Waals surface area contributed by atoms with Gasteiger partial charge in [0, 0.05) is 0 Å². The summed E-state index contributed by atoms with van der Waals surface area (Å²) in [4.78, 5) is 0. The second kappa shape index (κ2) is 6.41. The lowest BCUT2D eigenvalue weighted by atomic mass is 10.2. The largest absolute Gasteiger partial charge is 0.488 e. The van der Waals surface area contributed by atoms with E-state index in [4.69, 9.17) is 4.74 Å². The molecule has 0 aliphatic rings. The van der Waals surface area contributed by atoms with Crippen LogP contribution in [0.5, 0.6) is 5.75 Å². The number of aryl methyl sites for hydroxylation is 1. The monoisotopic (exact) mass is 198 g/mol. The molecule has 0 aliphatic heterocycles. The van der Waals surface area contributed by atoms with E-state index in [-0.39, 0.29) is 11.9 Å². The van der Waals surface area contributed by atoms with Gasteiger partial charge in [0.05, 0.1) is 6.10 Å². The van der Waals surface area contributed by atoms with E-state index in [1.54, 1.807) is 12.1 Å². The molecule has 1 aromatic rings. The SMILES string of the molecule is CC.Cc1ccc(F)c(OC(C)C)c1. The fourth-order valence-corrected chi connectivity index (χ4v) is 0.955. The van der Waals surface area contributed by atoms with Crippen molar-refractivity contribution in [1.29, 1.82) is 0 Å². The molecular weight excluding hydrogens is 179 g/mol. The summed E-state index contributed by atoms with van der Waals surface area (Å²) >= 11 is 0. The molecule has 0 radical (unpaired) electrons. The number of hydrogen-bond acceptors (Lipinski definition) is 1. The molecule has 2 heteroatoms. The Kier molecular flexibility index (Phi) is 5.93. The average molecular weight is 198 g/mol. The van der Waals surface area contributed by atoms with Crippen molar-refractivity contribution in [3.63, 3.8) is 0 Å². The van der Waals surface area contributed by atoms with Gasteiger partial charge in [0.2, 0.25) is 0 Å². The van der Waals surface area contributed by atoms with E-state index in [1.165, 1.54) is 6.07 Å². The van der Waals surface area contributed by atoms with Crippen LogP contribution in [0.3, 0.4) is 0 Å². The van der Waals surface area contributed by atoms with E-state index in [1.807, 2.05) is 34.6 Å². The minimum Gasteiger partial charge on any atom is -0.488 e. The lowest BCUT2D eigenvalue weighted by molar-refractivity contribution is 0.231. The van der Waals surface area contributed by atoms with Crippen molar-refractivity contribution < 1.29 is 9.13 Å². The van der Waals surface area contributed by atoms with Crippen LogP contribution in [0.4, 0.5) is 4.39 Å². The Morgan fingerprint density at radius 3 is 2.29 bits per heavy atom. The maximum absolute atomic E-state index is 13.0. The predicted octanol–water partition coefficient (Wildman–Crippen LogP) is 3.95. The van der Waals surface area contributed by atoms with Gasteiger partial charge in [0.25, 0.3) is 0 Å². The Morgan fingerprint density at radius 2 is 1.79 bits per heavy atom. The van der Waals surface area contributed by atoms with E-state index in [0.717, 1.165) is 5.56 Å². The number of halogens is 1. The van der Waals surface area contributed by atoms with Gasteiger partial charge in [-0.05, 0) is 38.5 Å². The summed E-state index contributed by atoms with van der Waals surface area (Å²) < 4.78 is 18.3. The van der Waals surface area contributed by atoms with Crippen LogP contribution >= 0.6 is 0 Å². The van der Waals surface area contributed by atoms with Crippen molar-refractivity contribution in [2.24, 2.45) is 0 Å². The zero-order valence-corrected chi connectivity index (χ0v) is 9.60. The lowest BCUT2D eigenvalue weighted by Gasteiger charge is -2.10. The fourth-order valence-electron chi connectivity index (χ4n) is 0.955. The number of hydrogen-bond donors (Lipinski definition) is 0.